The molecule has 15 rings (SSSR count). The Bertz CT molecular complexity index is 5570. The van der Waals surface area contributed by atoms with Crippen LogP contribution in [0.15, 0.2) is 222 Å². The van der Waals surface area contributed by atoms with E-state index in [1.54, 1.807) is 35.8 Å². The van der Waals surface area contributed by atoms with E-state index >= 15 is 0 Å². The van der Waals surface area contributed by atoms with Crippen LogP contribution in [0.5, 0.6) is 5.75 Å². The number of anilines is 5. The maximum absolute atomic E-state index is 14.5. The molecule has 122 heavy (non-hydrogen) atoms. The molecule has 42 heteroatoms. The number of benzene rings is 9. The minimum Gasteiger partial charge on any atom is -0.537 e. The largest absolute Gasteiger partial charge is 0.569 e. The number of nitrogens with two attached hydrogens (primary N) is 3. The zero-order valence-corrected chi connectivity index (χ0v) is 65.5. The van der Waals surface area contributed by atoms with Crippen molar-refractivity contribution in [3.63, 3.8) is 0 Å². The van der Waals surface area contributed by atoms with Crippen molar-refractivity contribution in [2.24, 2.45) is 0 Å². The van der Waals surface area contributed by atoms with Crippen LogP contribution < -0.4 is 37.8 Å². The normalized spacial score (nSPS) is 11.4. The van der Waals surface area contributed by atoms with Crippen LogP contribution in [0.1, 0.15) is 42.2 Å². The molecule has 0 saturated heterocycles. The number of nitrogen functional groups attached to an aromatic ring is 3. The first-order valence-electron chi connectivity index (χ1n) is 34.9. The molecule has 635 valence electrons. The summed E-state index contributed by atoms with van der Waals surface area (Å²) in [6.45, 7) is 3.57. The average Bonchev–Trinajstić information content (AvgIpc) is 1.52. The maximum atomic E-state index is 14.5. The highest BCUT2D eigenvalue weighted by molar-refractivity contribution is 9.10. The number of aliphatic hydroxyl groups is 1. The molecule has 0 atom stereocenters. The van der Waals surface area contributed by atoms with Crippen LogP contribution in [-0.4, -0.2) is 88.6 Å². The van der Waals surface area contributed by atoms with E-state index in [2.05, 4.69) is 73.5 Å². The Morgan fingerprint density at radius 2 is 0.787 bits per heavy atom. The fraction of sp³-hybridized carbons (Fsp3) is 0.113. The van der Waals surface area contributed by atoms with Crippen molar-refractivity contribution in [3.8, 4) is 39.1 Å². The van der Waals surface area contributed by atoms with E-state index in [9.17, 15) is 98.3 Å². The highest BCUT2D eigenvalue weighted by Gasteiger charge is 2.29. The summed E-state index contributed by atoms with van der Waals surface area (Å²) in [4.78, 5) is 79.5. The number of fused-ring (bicyclic) bond motifs is 3. The quantitative estimate of drug-likeness (QED) is 0.0149. The first kappa shape index (κ1) is 95.0. The number of rotatable bonds is 11. The number of nitrogens with zero attached hydrogens (tertiary/aromatic N) is 9. The predicted molar refractivity (Wildman–Crippen MR) is 440 cm³/mol. The summed E-state index contributed by atoms with van der Waals surface area (Å²) in [5, 5.41) is 65.9. The van der Waals surface area contributed by atoms with Crippen molar-refractivity contribution >= 4 is 103 Å². The zero-order chi connectivity index (χ0) is 89.6. The number of pyridine rings is 3. The Labute approximate surface area is 705 Å². The summed E-state index contributed by atoms with van der Waals surface area (Å²) < 4.78 is 152. The second-order valence-corrected chi connectivity index (χ2v) is 26.2. The third-order valence-electron chi connectivity index (χ3n) is 16.8. The van der Waals surface area contributed by atoms with E-state index in [4.69, 9.17) is 28.7 Å². The minimum absolute atomic E-state index is 0. The van der Waals surface area contributed by atoms with Gasteiger partial charge in [0.05, 0.1) is 72.8 Å². The highest BCUT2D eigenvalue weighted by Crippen LogP contribution is 2.37. The molecule has 4 amide bonds. The molecule has 0 bridgehead atoms. The molecule has 3 aromatic heterocycles. The van der Waals surface area contributed by atoms with E-state index in [1.807, 2.05) is 18.5 Å². The number of nitrogens with one attached hydrogen (secondary N) is 3. The topological polar surface area (TPSA) is 416 Å². The predicted octanol–water partition coefficient (Wildman–Crippen LogP) is 18.7. The van der Waals surface area contributed by atoms with Crippen LogP contribution in [-0.2, 0) is 39.3 Å². The Hall–Kier alpha value is -14.1. The molecule has 12 aromatic rings. The number of hydrogen-bond donors (Lipinski definition) is 8. The molecule has 11 N–H and O–H groups in total. The van der Waals surface area contributed by atoms with E-state index in [-0.39, 0.29) is 67.7 Å². The van der Waals surface area contributed by atoms with E-state index in [1.165, 1.54) is 119 Å². The number of nitro benzene ring substituents is 4. The van der Waals surface area contributed by atoms with Gasteiger partial charge < -0.3 is 57.7 Å². The van der Waals surface area contributed by atoms with Gasteiger partial charge in [-0.05, 0) is 197 Å². The summed E-state index contributed by atoms with van der Waals surface area (Å²) in [5.74, 6) is -6.06. The van der Waals surface area contributed by atoms with Crippen LogP contribution in [0.3, 0.4) is 0 Å². The lowest BCUT2D eigenvalue weighted by atomic mass is 10.0. The van der Waals surface area contributed by atoms with Crippen LogP contribution in [0, 0.1) is 98.6 Å². The first-order chi connectivity index (χ1) is 58.2. The number of aromatic nitrogens is 3. The summed E-state index contributed by atoms with van der Waals surface area (Å²) in [6.07, 6.45) is 10.5. The van der Waals surface area contributed by atoms with Gasteiger partial charge in [0.2, 0.25) is 5.82 Å². The van der Waals surface area contributed by atoms with Gasteiger partial charge >= 0.3 is 25.4 Å². The number of carbonyl (C=O) groups is 2. The fourth-order valence-corrected chi connectivity index (χ4v) is 11.6. The number of hydrogen-bond acceptors (Lipinski definition) is 20. The van der Waals surface area contributed by atoms with Crippen molar-refractivity contribution in [2.45, 2.75) is 46.7 Å². The minimum atomic E-state index is -1.06. The van der Waals surface area contributed by atoms with Crippen LogP contribution in [0.4, 0.5) is 109 Å². The maximum Gasteiger partial charge on any atom is 0.569 e. The average molecular weight is 1830 g/mol. The van der Waals surface area contributed by atoms with Crippen molar-refractivity contribution in [3.05, 3.63) is 354 Å². The Morgan fingerprint density at radius 1 is 0.451 bits per heavy atom. The number of alkyl halides is 1. The molecule has 0 unspecified atom stereocenters. The second kappa shape index (κ2) is 46.3. The second-order valence-electron chi connectivity index (χ2n) is 24.5. The first-order valence-corrected chi connectivity index (χ1v) is 35.8. The van der Waals surface area contributed by atoms with Gasteiger partial charge in [-0.25, -0.2) is 49.1 Å². The summed E-state index contributed by atoms with van der Waals surface area (Å²) in [6, 6.07) is 35.4. The van der Waals surface area contributed by atoms with Gasteiger partial charge in [-0.3, -0.25) is 59.8 Å². The Balaban J connectivity index is 0.000000229. The van der Waals surface area contributed by atoms with Crippen LogP contribution in [0.2, 0.25) is 0 Å². The Kier molecular flexibility index (Phi) is 36.1. The van der Waals surface area contributed by atoms with Gasteiger partial charge in [0.1, 0.15) is 75.2 Å². The Morgan fingerprint density at radius 3 is 1.20 bits per heavy atom. The molecule has 3 aliphatic heterocycles. The van der Waals surface area contributed by atoms with Crippen molar-refractivity contribution < 1.29 is 93.7 Å². The molecular weight excluding hydrogens is 1760 g/mol. The van der Waals surface area contributed by atoms with E-state index in [0.29, 0.717) is 74.1 Å². The van der Waals surface area contributed by atoms with Gasteiger partial charge in [-0.15, -0.1) is 0 Å². The molecule has 6 heterocycles. The summed E-state index contributed by atoms with van der Waals surface area (Å²) in [5.41, 5.74) is 22.5. The molecule has 1 radical (unpaired) electrons. The molecule has 3 aliphatic rings. The van der Waals surface area contributed by atoms with Gasteiger partial charge in [0, 0.05) is 100 Å². The number of carbonyl (C=O) groups excluding carboxylic acids is 2. The van der Waals surface area contributed by atoms with Crippen LogP contribution in [0.25, 0.3) is 33.4 Å². The number of halogens is 13. The standard InChI is InChI=1S/C20H14F2N4O3.C20H16F2N4O.C12H8F2N2O2.C7H8N2.C6H5BFO2.C6H2BrF2NO2.C6H4BrFN2O2.CH3F.CH4O.CH4/c21-15-3-1-12(2-4-15)16-7-18(19(26(28)29)8-17(16)22)24-20(27)25-10-13-5-6-23-9-14(13)11-25;21-15-3-1-12(2-4-15)16-7-19(18(23)8-17(16)22)25-20(27)26-10-13-5-6-24-9-14(13)11-26;13-8-3-1-7(2-4-8)9-5-11(15)12(16(17)18)6-10(9)14;1-2-8-4-7-5-9-3-6(1)7;8-5-1-3-6(4-2-5)10-7-9;2*7-3-1-5(9)6(10(11)12)2-4(3)8;2*1-2;/h1-9H,10-11H2,(H,24,27);1-9H,10-11,23H2,(H,25,27);1-6H,15H2;1-2,4,9H,3,5H2;1-4,9H;1-2H;1-2H,9H2;1H3;2H,1H3;1H4/i;;;;;;;1D;;. The van der Waals surface area contributed by atoms with E-state index < -0.39 is 108 Å². The molecule has 0 spiro atoms. The summed E-state index contributed by atoms with van der Waals surface area (Å²) >= 11 is 5.54. The van der Waals surface area contributed by atoms with Crippen molar-refractivity contribution in [1.82, 2.24) is 30.1 Å². The number of urea groups is 2. The third-order valence-corrected chi connectivity index (χ3v) is 18.0. The molecule has 0 aliphatic carbocycles. The number of aliphatic hydroxyl groups excluding tert-OH is 1. The SMILES string of the molecule is C.CO.Nc1cc(-c2ccc(F)cc2)c(F)cc1[N+](=O)[O-].Nc1cc(Br)c(F)cc1[N+](=O)[O-].Nc1cc(F)c(-c2ccc(F)cc2)cc1NC(=O)N1Cc2ccncc2C1.O=C(Nc1cc(-c2ccc(F)cc2)c(F)cc1[N+](=O)[O-])N1Cc2ccncc2C1.O=[N+]([O-])c1cc(F)c(Br)cc1F.O[B]Oc1ccc(F)cc1.[2H]CF.c1cc2c(cn1)CNC2. The monoisotopic (exact) mass is 1830 g/mol. The zero-order valence-electron chi connectivity index (χ0n) is 63.3. The van der Waals surface area contributed by atoms with E-state index in [0.717, 1.165) is 84.9 Å². The molecular formula is C80H68BBr2F11N15O13. The molecule has 9 aromatic carbocycles. The number of nitro groups is 4. The lowest BCUT2D eigenvalue weighted by Gasteiger charge is -2.18. The molecule has 0 saturated carbocycles. The van der Waals surface area contributed by atoms with Gasteiger partial charge in [-0.2, -0.15) is 4.39 Å². The van der Waals surface area contributed by atoms with Gasteiger partial charge in [0.15, 0.2) is 0 Å². The third kappa shape index (κ3) is 27.0. The lowest BCUT2D eigenvalue weighted by Crippen LogP contribution is -2.30. The number of amides is 4. The molecule has 0 fully saturated rings. The van der Waals surface area contributed by atoms with Crippen molar-refractivity contribution in [2.75, 3.05) is 42.1 Å². The van der Waals surface area contributed by atoms with Gasteiger partial charge in [0.25, 0.3) is 17.1 Å². The molecule has 28 nitrogen and oxygen atoms in total. The smallest absolute Gasteiger partial charge is 0.537 e. The van der Waals surface area contributed by atoms with Crippen molar-refractivity contribution in [1.29, 1.82) is 0 Å². The summed E-state index contributed by atoms with van der Waals surface area (Å²) in [7, 11) is 0.549. The van der Waals surface area contributed by atoms with Gasteiger partial charge in [-0.1, -0.05) is 43.8 Å². The van der Waals surface area contributed by atoms with Crippen LogP contribution >= 0.6 is 31.9 Å². The lowest BCUT2D eigenvalue weighted by molar-refractivity contribution is -0.387. The fourth-order valence-electron chi connectivity index (χ4n) is 11.0. The highest BCUT2D eigenvalue weighted by atomic mass is 79.9.